The first-order valence-corrected chi connectivity index (χ1v) is 7.80. The SMILES string of the molecule is CC=C(C(=O)OC)c1ccccc1Oc1ccc(C(C)=NOC)cc1. The molecule has 0 heterocycles. The second kappa shape index (κ2) is 8.68. The summed E-state index contributed by atoms with van der Waals surface area (Å²) in [6, 6.07) is 14.8. The molecule has 5 nitrogen and oxygen atoms in total. The lowest BCUT2D eigenvalue weighted by atomic mass is 10.0. The molecule has 0 saturated carbocycles. The van der Waals surface area contributed by atoms with Crippen LogP contribution in [0.4, 0.5) is 0 Å². The first-order chi connectivity index (χ1) is 12.1. The van der Waals surface area contributed by atoms with Crippen molar-refractivity contribution in [2.45, 2.75) is 13.8 Å². The highest BCUT2D eigenvalue weighted by Crippen LogP contribution is 2.31. The number of hydrogen-bond acceptors (Lipinski definition) is 5. The first kappa shape index (κ1) is 18.3. The lowest BCUT2D eigenvalue weighted by Gasteiger charge is -2.13. The van der Waals surface area contributed by atoms with Crippen molar-refractivity contribution in [3.8, 4) is 11.5 Å². The van der Waals surface area contributed by atoms with E-state index in [0.29, 0.717) is 22.6 Å². The van der Waals surface area contributed by atoms with E-state index in [4.69, 9.17) is 14.3 Å². The summed E-state index contributed by atoms with van der Waals surface area (Å²) in [5, 5.41) is 3.90. The van der Waals surface area contributed by atoms with E-state index < -0.39 is 5.97 Å². The molecule has 0 unspecified atom stereocenters. The van der Waals surface area contributed by atoms with E-state index in [1.165, 1.54) is 14.2 Å². The summed E-state index contributed by atoms with van der Waals surface area (Å²) in [6.45, 7) is 3.65. The Balaban J connectivity index is 2.30. The van der Waals surface area contributed by atoms with Crippen LogP contribution in [0.1, 0.15) is 25.0 Å². The Labute approximate surface area is 147 Å². The Kier molecular flexibility index (Phi) is 6.34. The van der Waals surface area contributed by atoms with E-state index in [9.17, 15) is 4.79 Å². The van der Waals surface area contributed by atoms with Gasteiger partial charge in [0.2, 0.25) is 0 Å². The van der Waals surface area contributed by atoms with Crippen molar-refractivity contribution >= 4 is 17.3 Å². The minimum atomic E-state index is -0.403. The van der Waals surface area contributed by atoms with Crippen LogP contribution in [0.25, 0.3) is 5.57 Å². The standard InChI is InChI=1S/C20H21NO4/c1-5-17(20(22)23-3)18-8-6-7-9-19(18)25-16-12-10-15(11-13-16)14(2)21-24-4/h5-13H,1-4H3. The maximum Gasteiger partial charge on any atom is 0.338 e. The van der Waals surface area contributed by atoms with Crippen LogP contribution in [0, 0.1) is 0 Å². The maximum atomic E-state index is 12.0. The van der Waals surface area contributed by atoms with Crippen molar-refractivity contribution in [1.29, 1.82) is 0 Å². The number of nitrogens with zero attached hydrogens (tertiary/aromatic N) is 1. The van der Waals surface area contributed by atoms with Gasteiger partial charge in [0.1, 0.15) is 18.6 Å². The van der Waals surface area contributed by atoms with E-state index in [2.05, 4.69) is 5.16 Å². The average Bonchev–Trinajstić information content (AvgIpc) is 2.64. The number of rotatable bonds is 6. The molecular weight excluding hydrogens is 318 g/mol. The van der Waals surface area contributed by atoms with Gasteiger partial charge in [-0.15, -0.1) is 0 Å². The summed E-state index contributed by atoms with van der Waals surface area (Å²) in [7, 11) is 2.87. The molecule has 2 rings (SSSR count). The number of benzene rings is 2. The molecule has 0 aromatic heterocycles. The predicted octanol–water partition coefficient (Wildman–Crippen LogP) is 4.43. The summed E-state index contributed by atoms with van der Waals surface area (Å²) in [4.78, 5) is 16.7. The van der Waals surface area contributed by atoms with Gasteiger partial charge in [-0.05, 0) is 49.7 Å². The van der Waals surface area contributed by atoms with E-state index in [1.54, 1.807) is 13.0 Å². The number of carbonyl (C=O) groups excluding carboxylic acids is 1. The normalized spacial score (nSPS) is 11.8. The van der Waals surface area contributed by atoms with Crippen molar-refractivity contribution in [2.75, 3.05) is 14.2 Å². The highest BCUT2D eigenvalue weighted by Gasteiger charge is 2.16. The fourth-order valence-electron chi connectivity index (χ4n) is 2.35. The van der Waals surface area contributed by atoms with E-state index >= 15 is 0 Å². The van der Waals surface area contributed by atoms with Crippen LogP contribution in [0.3, 0.4) is 0 Å². The fourth-order valence-corrected chi connectivity index (χ4v) is 2.35. The van der Waals surface area contributed by atoms with E-state index in [-0.39, 0.29) is 0 Å². The quantitative estimate of drug-likeness (QED) is 0.338. The summed E-state index contributed by atoms with van der Waals surface area (Å²) in [6.07, 6.45) is 1.71. The number of carbonyl (C=O) groups is 1. The topological polar surface area (TPSA) is 57.1 Å². The van der Waals surface area contributed by atoms with Crippen LogP contribution in [-0.2, 0) is 14.4 Å². The number of ether oxygens (including phenoxy) is 2. The highest BCUT2D eigenvalue weighted by atomic mass is 16.6. The Hall–Kier alpha value is -3.08. The molecule has 0 radical (unpaired) electrons. The molecule has 0 aliphatic rings. The Morgan fingerprint density at radius 1 is 1.04 bits per heavy atom. The molecule has 0 N–H and O–H groups in total. The number of methoxy groups -OCH3 is 1. The second-order valence-corrected chi connectivity index (χ2v) is 5.18. The lowest BCUT2D eigenvalue weighted by Crippen LogP contribution is -2.05. The molecule has 2 aromatic carbocycles. The molecule has 2 aromatic rings. The first-order valence-electron chi connectivity index (χ1n) is 7.80. The third kappa shape index (κ3) is 4.47. The van der Waals surface area contributed by atoms with Crippen molar-refractivity contribution < 1.29 is 19.1 Å². The fraction of sp³-hybridized carbons (Fsp3) is 0.200. The molecule has 0 amide bonds. The van der Waals surface area contributed by atoms with Crippen LogP contribution in [0.2, 0.25) is 0 Å². The van der Waals surface area contributed by atoms with Crippen LogP contribution in [0.15, 0.2) is 59.8 Å². The average molecular weight is 339 g/mol. The third-order valence-corrected chi connectivity index (χ3v) is 3.60. The Bertz CT molecular complexity index is 792. The van der Waals surface area contributed by atoms with Gasteiger partial charge < -0.3 is 14.3 Å². The summed E-state index contributed by atoms with van der Waals surface area (Å²) < 4.78 is 10.8. The monoisotopic (exact) mass is 339 g/mol. The summed E-state index contributed by atoms with van der Waals surface area (Å²) in [5.41, 5.74) is 2.85. The molecule has 0 aliphatic heterocycles. The van der Waals surface area contributed by atoms with Gasteiger partial charge in [0, 0.05) is 5.56 Å². The molecule has 0 bridgehead atoms. The van der Waals surface area contributed by atoms with Gasteiger partial charge in [0.25, 0.3) is 0 Å². The molecule has 0 aliphatic carbocycles. The molecular formula is C20H21NO4. The zero-order valence-corrected chi connectivity index (χ0v) is 14.8. The molecule has 0 spiro atoms. The van der Waals surface area contributed by atoms with Gasteiger partial charge in [0.05, 0.1) is 18.4 Å². The van der Waals surface area contributed by atoms with Gasteiger partial charge in [-0.2, -0.15) is 0 Å². The number of para-hydroxylation sites is 1. The van der Waals surface area contributed by atoms with Crippen LogP contribution in [-0.4, -0.2) is 25.9 Å². The zero-order chi connectivity index (χ0) is 18.2. The van der Waals surface area contributed by atoms with Crippen molar-refractivity contribution in [3.63, 3.8) is 0 Å². The molecule has 0 fully saturated rings. The van der Waals surface area contributed by atoms with E-state index in [0.717, 1.165) is 11.3 Å². The lowest BCUT2D eigenvalue weighted by molar-refractivity contribution is -0.133. The molecule has 0 saturated heterocycles. The minimum Gasteiger partial charge on any atom is -0.465 e. The smallest absolute Gasteiger partial charge is 0.338 e. The van der Waals surface area contributed by atoms with Crippen LogP contribution < -0.4 is 4.74 Å². The predicted molar refractivity (Wildman–Crippen MR) is 97.8 cm³/mol. The number of oxime groups is 1. The van der Waals surface area contributed by atoms with Gasteiger partial charge >= 0.3 is 5.97 Å². The number of allylic oxidation sites excluding steroid dienone is 1. The van der Waals surface area contributed by atoms with Crippen molar-refractivity contribution in [3.05, 3.63) is 65.7 Å². The Morgan fingerprint density at radius 2 is 1.72 bits per heavy atom. The second-order valence-electron chi connectivity index (χ2n) is 5.18. The van der Waals surface area contributed by atoms with Gasteiger partial charge in [-0.3, -0.25) is 0 Å². The summed E-state index contributed by atoms with van der Waals surface area (Å²) in [5.74, 6) is 0.832. The number of esters is 1. The Morgan fingerprint density at radius 3 is 2.32 bits per heavy atom. The van der Waals surface area contributed by atoms with Crippen LogP contribution in [0.5, 0.6) is 11.5 Å². The van der Waals surface area contributed by atoms with Gasteiger partial charge in [-0.1, -0.05) is 29.4 Å². The van der Waals surface area contributed by atoms with Crippen molar-refractivity contribution in [1.82, 2.24) is 0 Å². The summed E-state index contributed by atoms with van der Waals surface area (Å²) >= 11 is 0. The zero-order valence-electron chi connectivity index (χ0n) is 14.8. The largest absolute Gasteiger partial charge is 0.465 e. The van der Waals surface area contributed by atoms with Crippen LogP contribution >= 0.6 is 0 Å². The molecule has 0 atom stereocenters. The molecule has 5 heteroatoms. The maximum absolute atomic E-state index is 12.0. The molecule has 130 valence electrons. The van der Waals surface area contributed by atoms with Gasteiger partial charge in [-0.25, -0.2) is 4.79 Å². The van der Waals surface area contributed by atoms with E-state index in [1.807, 2.05) is 55.5 Å². The van der Waals surface area contributed by atoms with Gasteiger partial charge in [0.15, 0.2) is 0 Å². The van der Waals surface area contributed by atoms with Crippen molar-refractivity contribution in [2.24, 2.45) is 5.16 Å². The number of hydrogen-bond donors (Lipinski definition) is 0. The third-order valence-electron chi connectivity index (χ3n) is 3.60. The molecule has 25 heavy (non-hydrogen) atoms. The minimum absolute atomic E-state index is 0.403. The highest BCUT2D eigenvalue weighted by molar-refractivity contribution is 6.17.